The molecule has 0 saturated carbocycles. The van der Waals surface area contributed by atoms with Gasteiger partial charge in [0.05, 0.1) is 0 Å². The largest absolute Gasteiger partial charge is 0.350 e. The molecule has 0 bridgehead atoms. The van der Waals surface area contributed by atoms with Gasteiger partial charge in [0.15, 0.2) is 0 Å². The van der Waals surface area contributed by atoms with Gasteiger partial charge in [0.1, 0.15) is 5.69 Å². The number of rotatable bonds is 4. The second-order valence-electron chi connectivity index (χ2n) is 7.92. The number of likely N-dealkylation sites (N-methyl/N-ethyl adjacent to an activating group) is 1. The Morgan fingerprint density at radius 3 is 2.60 bits per heavy atom. The minimum Gasteiger partial charge on any atom is -0.350 e. The summed E-state index contributed by atoms with van der Waals surface area (Å²) in [5, 5.41) is 1.18. The fourth-order valence-electron chi connectivity index (χ4n) is 4.41. The number of benzene rings is 1. The maximum atomic E-state index is 13.2. The van der Waals surface area contributed by atoms with E-state index in [1.54, 1.807) is 0 Å². The summed E-state index contributed by atoms with van der Waals surface area (Å²) in [4.78, 5) is 21.0. The van der Waals surface area contributed by atoms with E-state index in [2.05, 4.69) is 63.8 Å². The summed E-state index contributed by atoms with van der Waals surface area (Å²) in [6.45, 7) is 10.2. The molecule has 136 valence electrons. The molecule has 4 nitrogen and oxygen atoms in total. The van der Waals surface area contributed by atoms with Crippen LogP contribution < -0.4 is 0 Å². The van der Waals surface area contributed by atoms with Crippen molar-refractivity contribution in [3.8, 4) is 0 Å². The number of carbonyl (C=O) groups excluding carboxylic acids is 1. The molecule has 0 spiro atoms. The Morgan fingerprint density at radius 1 is 1.24 bits per heavy atom. The van der Waals surface area contributed by atoms with Crippen molar-refractivity contribution in [1.29, 1.82) is 0 Å². The highest BCUT2D eigenvalue weighted by Crippen LogP contribution is 2.30. The Bertz CT molecular complexity index is 790. The minimum absolute atomic E-state index is 0.149. The molecule has 3 rings (SSSR count). The van der Waals surface area contributed by atoms with E-state index in [1.165, 1.54) is 29.4 Å². The van der Waals surface area contributed by atoms with Crippen molar-refractivity contribution >= 4 is 16.8 Å². The summed E-state index contributed by atoms with van der Waals surface area (Å²) in [5.41, 5.74) is 5.38. The van der Waals surface area contributed by atoms with E-state index in [-0.39, 0.29) is 5.91 Å². The molecule has 1 amide bonds. The van der Waals surface area contributed by atoms with E-state index < -0.39 is 0 Å². The van der Waals surface area contributed by atoms with Gasteiger partial charge in [-0.05, 0) is 64.4 Å². The summed E-state index contributed by atoms with van der Waals surface area (Å²) in [6.07, 6.45) is 2.34. The third-order valence-electron chi connectivity index (χ3n) is 5.74. The lowest BCUT2D eigenvalue weighted by molar-refractivity contribution is 0.0775. The number of hydrogen-bond donors (Lipinski definition) is 1. The first-order valence-electron chi connectivity index (χ1n) is 9.38. The van der Waals surface area contributed by atoms with Crippen molar-refractivity contribution in [3.63, 3.8) is 0 Å². The molecule has 1 saturated heterocycles. The summed E-state index contributed by atoms with van der Waals surface area (Å²) < 4.78 is 0. The summed E-state index contributed by atoms with van der Waals surface area (Å²) >= 11 is 0. The molecule has 2 atom stereocenters. The number of aryl methyl sites for hydroxylation is 3. The van der Waals surface area contributed by atoms with Crippen LogP contribution in [0.2, 0.25) is 0 Å². The molecule has 0 aliphatic carbocycles. The van der Waals surface area contributed by atoms with Gasteiger partial charge in [-0.15, -0.1) is 0 Å². The molecular formula is C21H31N3O. The molecule has 1 aliphatic rings. The van der Waals surface area contributed by atoms with Gasteiger partial charge < -0.3 is 14.8 Å². The van der Waals surface area contributed by atoms with Gasteiger partial charge in [-0.25, -0.2) is 0 Å². The van der Waals surface area contributed by atoms with Crippen LogP contribution in [0.1, 0.15) is 46.9 Å². The predicted octanol–water partition coefficient (Wildman–Crippen LogP) is 3.90. The first-order chi connectivity index (χ1) is 11.8. The Hall–Kier alpha value is -1.81. The normalized spacial score (nSPS) is 20.8. The van der Waals surface area contributed by atoms with Crippen LogP contribution in [0.15, 0.2) is 12.1 Å². The van der Waals surface area contributed by atoms with E-state index in [4.69, 9.17) is 0 Å². The number of hydrogen-bond acceptors (Lipinski definition) is 2. The lowest BCUT2D eigenvalue weighted by atomic mass is 9.98. The van der Waals surface area contributed by atoms with Gasteiger partial charge in [-0.3, -0.25) is 4.79 Å². The number of fused-ring (bicyclic) bond motifs is 1. The SMILES string of the molecule is CCC[C@@H]1CN(C(=O)c2[nH]c3c(C)cc(C)cc3c2C)C[C@H]1N(C)C. The number of nitrogens with one attached hydrogen (secondary N) is 1. The van der Waals surface area contributed by atoms with Crippen LogP contribution in [-0.4, -0.2) is 53.9 Å². The van der Waals surface area contributed by atoms with Crippen LogP contribution in [0.5, 0.6) is 0 Å². The molecule has 0 radical (unpaired) electrons. The van der Waals surface area contributed by atoms with E-state index in [0.717, 1.165) is 29.9 Å². The lowest BCUT2D eigenvalue weighted by Crippen LogP contribution is -2.36. The zero-order valence-corrected chi connectivity index (χ0v) is 16.4. The molecule has 1 aromatic heterocycles. The number of nitrogens with zero attached hydrogens (tertiary/aromatic N) is 2. The molecular weight excluding hydrogens is 310 g/mol. The van der Waals surface area contributed by atoms with E-state index in [0.29, 0.717) is 12.0 Å². The zero-order chi connectivity index (χ0) is 18.3. The zero-order valence-electron chi connectivity index (χ0n) is 16.4. The second kappa shape index (κ2) is 6.83. The lowest BCUT2D eigenvalue weighted by Gasteiger charge is -2.24. The van der Waals surface area contributed by atoms with Gasteiger partial charge in [-0.2, -0.15) is 0 Å². The monoisotopic (exact) mass is 341 g/mol. The van der Waals surface area contributed by atoms with Gasteiger partial charge in [-0.1, -0.05) is 25.0 Å². The Morgan fingerprint density at radius 2 is 1.96 bits per heavy atom. The van der Waals surface area contributed by atoms with Crippen LogP contribution in [0, 0.1) is 26.7 Å². The van der Waals surface area contributed by atoms with Crippen LogP contribution in [0.4, 0.5) is 0 Å². The molecule has 0 unspecified atom stereocenters. The predicted molar refractivity (Wildman–Crippen MR) is 104 cm³/mol. The van der Waals surface area contributed by atoms with E-state index >= 15 is 0 Å². The number of aromatic nitrogens is 1. The summed E-state index contributed by atoms with van der Waals surface area (Å²) in [5.74, 6) is 0.717. The van der Waals surface area contributed by atoms with Crippen molar-refractivity contribution in [2.75, 3.05) is 27.2 Å². The third-order valence-corrected chi connectivity index (χ3v) is 5.74. The van der Waals surface area contributed by atoms with Gasteiger partial charge in [0, 0.05) is 30.0 Å². The fraction of sp³-hybridized carbons (Fsp3) is 0.571. The Balaban J connectivity index is 1.92. The van der Waals surface area contributed by atoms with E-state index in [9.17, 15) is 4.79 Å². The topological polar surface area (TPSA) is 39.3 Å². The number of likely N-dealkylation sites (tertiary alicyclic amines) is 1. The average Bonchev–Trinajstić information content (AvgIpc) is 3.10. The molecule has 1 aromatic carbocycles. The molecule has 4 heteroatoms. The minimum atomic E-state index is 0.149. The average molecular weight is 341 g/mol. The van der Waals surface area contributed by atoms with Gasteiger partial charge in [0.2, 0.25) is 0 Å². The smallest absolute Gasteiger partial charge is 0.270 e. The van der Waals surface area contributed by atoms with Crippen molar-refractivity contribution < 1.29 is 4.79 Å². The standard InChI is InChI=1S/C21H31N3O/c1-7-8-16-11-24(12-18(16)23(5)6)21(25)20-15(4)17-10-13(2)9-14(3)19(17)22-20/h9-10,16,18,22H,7-8,11-12H2,1-6H3/t16-,18-/m1/s1. The highest BCUT2D eigenvalue weighted by Gasteiger charge is 2.37. The first kappa shape index (κ1) is 18.0. The summed E-state index contributed by atoms with van der Waals surface area (Å²) in [6, 6.07) is 4.80. The highest BCUT2D eigenvalue weighted by atomic mass is 16.2. The first-order valence-corrected chi connectivity index (χ1v) is 9.38. The van der Waals surface area contributed by atoms with Crippen molar-refractivity contribution in [3.05, 3.63) is 34.5 Å². The number of carbonyl (C=O) groups is 1. The quantitative estimate of drug-likeness (QED) is 0.916. The highest BCUT2D eigenvalue weighted by molar-refractivity contribution is 6.01. The fourth-order valence-corrected chi connectivity index (χ4v) is 4.41. The van der Waals surface area contributed by atoms with Crippen LogP contribution in [-0.2, 0) is 0 Å². The maximum Gasteiger partial charge on any atom is 0.270 e. The molecule has 2 heterocycles. The van der Waals surface area contributed by atoms with Crippen molar-refractivity contribution in [2.45, 2.75) is 46.6 Å². The molecule has 25 heavy (non-hydrogen) atoms. The second-order valence-corrected chi connectivity index (χ2v) is 7.92. The van der Waals surface area contributed by atoms with Gasteiger partial charge in [0.25, 0.3) is 5.91 Å². The summed E-state index contributed by atoms with van der Waals surface area (Å²) in [7, 11) is 4.25. The Kier molecular flexibility index (Phi) is 4.92. The molecule has 1 fully saturated rings. The third kappa shape index (κ3) is 3.20. The van der Waals surface area contributed by atoms with Crippen LogP contribution in [0.3, 0.4) is 0 Å². The molecule has 1 aliphatic heterocycles. The van der Waals surface area contributed by atoms with E-state index in [1.807, 2.05) is 4.90 Å². The molecule has 2 aromatic rings. The molecule has 1 N–H and O–H groups in total. The number of amides is 1. The van der Waals surface area contributed by atoms with Gasteiger partial charge >= 0.3 is 0 Å². The van der Waals surface area contributed by atoms with Crippen LogP contribution >= 0.6 is 0 Å². The number of H-pyrrole nitrogens is 1. The van der Waals surface area contributed by atoms with Crippen LogP contribution in [0.25, 0.3) is 10.9 Å². The maximum absolute atomic E-state index is 13.2. The number of aromatic amines is 1. The Labute approximate surface area is 151 Å². The van der Waals surface area contributed by atoms with Crippen molar-refractivity contribution in [1.82, 2.24) is 14.8 Å². The van der Waals surface area contributed by atoms with Crippen molar-refractivity contribution in [2.24, 2.45) is 5.92 Å².